The summed E-state index contributed by atoms with van der Waals surface area (Å²) in [5.74, 6) is -0.0759. The van der Waals surface area contributed by atoms with Crippen molar-refractivity contribution in [2.45, 2.75) is 83.3 Å². The van der Waals surface area contributed by atoms with Gasteiger partial charge in [-0.15, -0.1) is 0 Å². The lowest BCUT2D eigenvalue weighted by molar-refractivity contribution is -0.123. The van der Waals surface area contributed by atoms with Crippen molar-refractivity contribution in [3.63, 3.8) is 0 Å². The fourth-order valence-corrected chi connectivity index (χ4v) is 2.78. The number of amides is 1. The van der Waals surface area contributed by atoms with Crippen LogP contribution in [-0.2, 0) is 4.79 Å². The lowest BCUT2D eigenvalue weighted by Crippen LogP contribution is -2.46. The molecule has 0 unspecified atom stereocenters. The van der Waals surface area contributed by atoms with E-state index in [-0.39, 0.29) is 12.5 Å². The summed E-state index contributed by atoms with van der Waals surface area (Å²) in [6.45, 7) is 1.87. The first-order chi connectivity index (χ1) is 10.2. The van der Waals surface area contributed by atoms with Crippen LogP contribution < -0.4 is 5.32 Å². The van der Waals surface area contributed by atoms with Gasteiger partial charge in [0.2, 0.25) is 5.91 Å². The molecule has 0 saturated carbocycles. The number of rotatable bonds is 8. The molecule has 1 aliphatic rings. The Hall–Kier alpha value is -0.870. The molecule has 0 heterocycles. The zero-order valence-electron chi connectivity index (χ0n) is 13.3. The van der Waals surface area contributed by atoms with Crippen LogP contribution >= 0.6 is 0 Å². The molecule has 0 aromatic carbocycles. The summed E-state index contributed by atoms with van der Waals surface area (Å²) >= 11 is 0. The minimum Gasteiger partial charge on any atom is -0.394 e. The van der Waals surface area contributed by atoms with Crippen LogP contribution in [0.3, 0.4) is 0 Å². The molecule has 0 aromatic rings. The molecule has 2 atom stereocenters. The highest BCUT2D eigenvalue weighted by atomic mass is 16.3. The zero-order chi connectivity index (χ0) is 15.5. The molecule has 0 spiro atoms. The van der Waals surface area contributed by atoms with Crippen molar-refractivity contribution >= 4 is 5.91 Å². The average molecular weight is 297 g/mol. The van der Waals surface area contributed by atoms with E-state index in [0.717, 1.165) is 50.5 Å². The van der Waals surface area contributed by atoms with Crippen molar-refractivity contribution < 1.29 is 15.0 Å². The molecule has 3 N–H and O–H groups in total. The number of hydrogen-bond donors (Lipinski definition) is 3. The number of carbonyl (C=O) groups is 1. The second-order valence-electron chi connectivity index (χ2n) is 5.99. The normalized spacial score (nSPS) is 21.6. The Labute approximate surface area is 128 Å². The van der Waals surface area contributed by atoms with Crippen LogP contribution in [0.5, 0.6) is 0 Å². The average Bonchev–Trinajstić information content (AvgIpc) is 2.44. The molecule has 0 fully saturated rings. The number of nitrogens with one attached hydrogen (secondary N) is 1. The molecule has 4 nitrogen and oxygen atoms in total. The van der Waals surface area contributed by atoms with Gasteiger partial charge in [0, 0.05) is 6.42 Å². The fourth-order valence-electron chi connectivity index (χ4n) is 2.78. The third-order valence-electron chi connectivity index (χ3n) is 4.14. The smallest absolute Gasteiger partial charge is 0.220 e. The molecule has 1 aliphatic carbocycles. The zero-order valence-corrected chi connectivity index (χ0v) is 13.3. The minimum atomic E-state index is -0.761. The Morgan fingerprint density at radius 3 is 2.76 bits per heavy atom. The maximum absolute atomic E-state index is 11.8. The summed E-state index contributed by atoms with van der Waals surface area (Å²) in [6, 6.07) is -0.579. The van der Waals surface area contributed by atoms with Crippen LogP contribution in [0.2, 0.25) is 0 Å². The number of aliphatic hydroxyl groups is 2. The highest BCUT2D eigenvalue weighted by Crippen LogP contribution is 2.21. The standard InChI is InChI=1S/C17H31NO3/c1-2-3-7-12-16(20)18-15(13-19)17(21)14-10-8-5-4-6-9-11-14/h10,15,17,19,21H,2-9,11-13H2,1H3,(H,18,20)/b14-10+/t15-,17+/m0/s1. The first-order valence-electron chi connectivity index (χ1n) is 8.46. The number of hydrogen-bond acceptors (Lipinski definition) is 3. The summed E-state index contributed by atoms with van der Waals surface area (Å²) in [4.78, 5) is 11.8. The van der Waals surface area contributed by atoms with Gasteiger partial charge in [-0.1, -0.05) is 38.7 Å². The monoisotopic (exact) mass is 297 g/mol. The molecule has 0 radical (unpaired) electrons. The maximum atomic E-state index is 11.8. The van der Waals surface area contributed by atoms with Crippen molar-refractivity contribution in [3.8, 4) is 0 Å². The van der Waals surface area contributed by atoms with Crippen LogP contribution in [-0.4, -0.2) is 34.9 Å². The lowest BCUT2D eigenvalue weighted by atomic mass is 9.93. The van der Waals surface area contributed by atoms with E-state index >= 15 is 0 Å². The summed E-state index contributed by atoms with van der Waals surface area (Å²) < 4.78 is 0. The van der Waals surface area contributed by atoms with Crippen molar-refractivity contribution in [1.29, 1.82) is 0 Å². The predicted molar refractivity (Wildman–Crippen MR) is 85.0 cm³/mol. The molecule has 0 saturated heterocycles. The topological polar surface area (TPSA) is 69.6 Å². The van der Waals surface area contributed by atoms with Gasteiger partial charge in [-0.2, -0.15) is 0 Å². The van der Waals surface area contributed by atoms with Crippen molar-refractivity contribution in [1.82, 2.24) is 5.32 Å². The van der Waals surface area contributed by atoms with Gasteiger partial charge in [0.25, 0.3) is 0 Å². The van der Waals surface area contributed by atoms with E-state index in [4.69, 9.17) is 0 Å². The van der Waals surface area contributed by atoms with Crippen molar-refractivity contribution in [2.24, 2.45) is 0 Å². The van der Waals surface area contributed by atoms with Crippen molar-refractivity contribution in [3.05, 3.63) is 11.6 Å². The number of unbranched alkanes of at least 4 members (excludes halogenated alkanes) is 2. The quantitative estimate of drug-likeness (QED) is 0.476. The second kappa shape index (κ2) is 10.8. The molecule has 0 aliphatic heterocycles. The Balaban J connectivity index is 2.50. The van der Waals surface area contributed by atoms with E-state index in [1.165, 1.54) is 12.8 Å². The Kier molecular flexibility index (Phi) is 9.35. The van der Waals surface area contributed by atoms with Gasteiger partial charge < -0.3 is 15.5 Å². The molecule has 122 valence electrons. The third-order valence-corrected chi connectivity index (χ3v) is 4.14. The summed E-state index contributed by atoms with van der Waals surface area (Å²) in [5.41, 5.74) is 0.975. The lowest BCUT2D eigenvalue weighted by Gasteiger charge is -2.25. The van der Waals surface area contributed by atoms with E-state index in [0.29, 0.717) is 6.42 Å². The molecular formula is C17H31NO3. The molecule has 21 heavy (non-hydrogen) atoms. The van der Waals surface area contributed by atoms with E-state index in [1.807, 2.05) is 0 Å². The SMILES string of the molecule is CCCCCC(=O)N[C@@H](CO)[C@H](O)/C1=C/CCCCCC1. The fraction of sp³-hybridized carbons (Fsp3) is 0.824. The molecule has 0 bridgehead atoms. The Bertz CT molecular complexity index is 328. The number of aliphatic hydroxyl groups excluding tert-OH is 2. The molecule has 1 rings (SSSR count). The first-order valence-corrected chi connectivity index (χ1v) is 8.46. The molecular weight excluding hydrogens is 266 g/mol. The summed E-state index contributed by atoms with van der Waals surface area (Å²) in [7, 11) is 0. The second-order valence-corrected chi connectivity index (χ2v) is 5.99. The first kappa shape index (κ1) is 18.2. The van der Waals surface area contributed by atoms with E-state index in [2.05, 4.69) is 18.3 Å². The van der Waals surface area contributed by atoms with Crippen molar-refractivity contribution in [2.75, 3.05) is 6.61 Å². The minimum absolute atomic E-state index is 0.0759. The van der Waals surface area contributed by atoms with Crippen LogP contribution in [0.25, 0.3) is 0 Å². The number of carbonyl (C=O) groups excluding carboxylic acids is 1. The largest absolute Gasteiger partial charge is 0.394 e. The van der Waals surface area contributed by atoms with Crippen LogP contribution in [0.1, 0.15) is 71.1 Å². The van der Waals surface area contributed by atoms with Gasteiger partial charge in [-0.05, 0) is 37.7 Å². The highest BCUT2D eigenvalue weighted by Gasteiger charge is 2.23. The third kappa shape index (κ3) is 7.09. The van der Waals surface area contributed by atoms with Gasteiger partial charge in [-0.3, -0.25) is 4.79 Å². The predicted octanol–water partition coefficient (Wildman–Crippen LogP) is 2.69. The highest BCUT2D eigenvalue weighted by molar-refractivity contribution is 5.76. The maximum Gasteiger partial charge on any atom is 0.220 e. The Morgan fingerprint density at radius 2 is 2.05 bits per heavy atom. The van der Waals surface area contributed by atoms with E-state index < -0.39 is 12.1 Å². The van der Waals surface area contributed by atoms with Gasteiger partial charge in [0.1, 0.15) is 0 Å². The molecule has 0 aromatic heterocycles. The summed E-state index contributed by atoms with van der Waals surface area (Å²) in [5, 5.41) is 22.7. The Morgan fingerprint density at radius 1 is 1.29 bits per heavy atom. The van der Waals surface area contributed by atoms with Gasteiger partial charge >= 0.3 is 0 Å². The molecule has 4 heteroatoms. The van der Waals surface area contributed by atoms with Gasteiger partial charge in [0.05, 0.1) is 18.8 Å². The van der Waals surface area contributed by atoms with Gasteiger partial charge in [-0.25, -0.2) is 0 Å². The van der Waals surface area contributed by atoms with Crippen LogP contribution in [0, 0.1) is 0 Å². The van der Waals surface area contributed by atoms with E-state index in [9.17, 15) is 15.0 Å². The summed E-state index contributed by atoms with van der Waals surface area (Å²) in [6.07, 6.45) is 11.3. The van der Waals surface area contributed by atoms with Gasteiger partial charge in [0.15, 0.2) is 0 Å². The van der Waals surface area contributed by atoms with Crippen LogP contribution in [0.4, 0.5) is 0 Å². The molecule has 1 amide bonds. The number of allylic oxidation sites excluding steroid dienone is 1. The van der Waals surface area contributed by atoms with Crippen LogP contribution in [0.15, 0.2) is 11.6 Å². The van der Waals surface area contributed by atoms with E-state index in [1.54, 1.807) is 0 Å².